The summed E-state index contributed by atoms with van der Waals surface area (Å²) in [7, 11) is -1.94. The van der Waals surface area contributed by atoms with Crippen molar-refractivity contribution in [2.24, 2.45) is 0 Å². The van der Waals surface area contributed by atoms with Gasteiger partial charge < -0.3 is 4.90 Å². The van der Waals surface area contributed by atoms with E-state index in [-0.39, 0.29) is 17.3 Å². The van der Waals surface area contributed by atoms with Gasteiger partial charge in [0, 0.05) is 30.6 Å². The molecule has 1 amide bonds. The molecule has 0 saturated carbocycles. The van der Waals surface area contributed by atoms with Crippen LogP contribution < -0.4 is 4.31 Å². The Morgan fingerprint density at radius 3 is 2.06 bits per heavy atom. The van der Waals surface area contributed by atoms with Crippen LogP contribution in [0.3, 0.4) is 0 Å². The van der Waals surface area contributed by atoms with E-state index in [1.54, 1.807) is 79.2 Å². The molecule has 5 nitrogen and oxygen atoms in total. The molecule has 3 rings (SSSR count). The highest BCUT2D eigenvalue weighted by molar-refractivity contribution is 7.98. The van der Waals surface area contributed by atoms with Crippen molar-refractivity contribution in [1.29, 1.82) is 0 Å². The van der Waals surface area contributed by atoms with Gasteiger partial charge in [-0.25, -0.2) is 8.42 Å². The zero-order chi connectivity index (χ0) is 22.4. The number of carbonyl (C=O) groups is 1. The number of nitrogens with zero attached hydrogens (tertiary/aromatic N) is 2. The Morgan fingerprint density at radius 2 is 1.52 bits per heavy atom. The van der Waals surface area contributed by atoms with Gasteiger partial charge >= 0.3 is 0 Å². The summed E-state index contributed by atoms with van der Waals surface area (Å²) in [5.74, 6) is -0.117. The Bertz CT molecular complexity index is 1110. The van der Waals surface area contributed by atoms with E-state index < -0.39 is 10.0 Å². The molecule has 3 aromatic rings. The average Bonchev–Trinajstić information content (AvgIpc) is 2.80. The Kier molecular flexibility index (Phi) is 7.41. The van der Waals surface area contributed by atoms with E-state index in [9.17, 15) is 13.2 Å². The lowest BCUT2D eigenvalue weighted by Crippen LogP contribution is -2.31. The van der Waals surface area contributed by atoms with Gasteiger partial charge in [0.05, 0.1) is 10.6 Å². The summed E-state index contributed by atoms with van der Waals surface area (Å²) >= 11 is 1.56. The van der Waals surface area contributed by atoms with Crippen LogP contribution in [0.1, 0.15) is 22.8 Å². The van der Waals surface area contributed by atoms with Crippen LogP contribution in [-0.4, -0.2) is 39.1 Å². The maximum Gasteiger partial charge on any atom is 0.264 e. The molecule has 0 aliphatic rings. The molecule has 3 aromatic carbocycles. The van der Waals surface area contributed by atoms with Crippen molar-refractivity contribution >= 4 is 33.4 Å². The zero-order valence-electron chi connectivity index (χ0n) is 17.9. The number of anilines is 1. The van der Waals surface area contributed by atoms with Gasteiger partial charge in [-0.2, -0.15) is 0 Å². The van der Waals surface area contributed by atoms with Gasteiger partial charge in [-0.1, -0.05) is 30.3 Å². The van der Waals surface area contributed by atoms with Crippen molar-refractivity contribution in [2.45, 2.75) is 23.3 Å². The summed E-state index contributed by atoms with van der Waals surface area (Å²) in [5, 5.41) is 0. The molecule has 0 bridgehead atoms. The van der Waals surface area contributed by atoms with Crippen LogP contribution in [0, 0.1) is 0 Å². The molecule has 0 unspecified atom stereocenters. The first kappa shape index (κ1) is 22.9. The standard InChI is InChI=1S/C24H26N2O3S2/c1-4-26(31(28,29)23-16-14-22(30-3)15-17-23)21-12-10-20(11-13-21)24(27)25(2)18-19-8-6-5-7-9-19/h5-17H,4,18H2,1-3H3. The van der Waals surface area contributed by atoms with Crippen molar-refractivity contribution < 1.29 is 13.2 Å². The van der Waals surface area contributed by atoms with E-state index in [2.05, 4.69) is 0 Å². The fourth-order valence-corrected chi connectivity index (χ4v) is 5.17. The molecule has 0 N–H and O–H groups in total. The van der Waals surface area contributed by atoms with Crippen LogP contribution in [0.25, 0.3) is 0 Å². The van der Waals surface area contributed by atoms with E-state index >= 15 is 0 Å². The van der Waals surface area contributed by atoms with Crippen molar-refractivity contribution in [3.8, 4) is 0 Å². The van der Waals surface area contributed by atoms with Crippen LogP contribution in [0.5, 0.6) is 0 Å². The number of carbonyl (C=O) groups excluding carboxylic acids is 1. The molecular formula is C24H26N2O3S2. The van der Waals surface area contributed by atoms with Crippen LogP contribution in [0.4, 0.5) is 5.69 Å². The van der Waals surface area contributed by atoms with Crippen LogP contribution in [-0.2, 0) is 16.6 Å². The van der Waals surface area contributed by atoms with Crippen molar-refractivity contribution in [3.63, 3.8) is 0 Å². The second-order valence-corrected chi connectivity index (χ2v) is 9.78. The van der Waals surface area contributed by atoms with Crippen LogP contribution in [0.15, 0.2) is 88.7 Å². The molecule has 0 fully saturated rings. The second-order valence-electron chi connectivity index (χ2n) is 7.04. The Morgan fingerprint density at radius 1 is 0.903 bits per heavy atom. The molecule has 0 saturated heterocycles. The normalized spacial score (nSPS) is 11.2. The van der Waals surface area contributed by atoms with Crippen LogP contribution >= 0.6 is 11.8 Å². The minimum Gasteiger partial charge on any atom is -0.337 e. The monoisotopic (exact) mass is 454 g/mol. The van der Waals surface area contributed by atoms with Crippen LogP contribution in [0.2, 0.25) is 0 Å². The zero-order valence-corrected chi connectivity index (χ0v) is 19.5. The summed E-state index contributed by atoms with van der Waals surface area (Å²) in [6.45, 7) is 2.58. The highest BCUT2D eigenvalue weighted by Gasteiger charge is 2.24. The Labute approximate surface area is 188 Å². The molecule has 162 valence electrons. The van der Waals surface area contributed by atoms with Crippen molar-refractivity contribution in [3.05, 3.63) is 90.0 Å². The van der Waals surface area contributed by atoms with Gasteiger partial charge in [-0.05, 0) is 67.3 Å². The lowest BCUT2D eigenvalue weighted by Gasteiger charge is -2.23. The van der Waals surface area contributed by atoms with Crippen molar-refractivity contribution in [1.82, 2.24) is 4.90 Å². The number of amides is 1. The maximum atomic E-state index is 13.1. The first-order valence-electron chi connectivity index (χ1n) is 9.93. The Hall–Kier alpha value is -2.77. The molecule has 0 aliphatic carbocycles. The van der Waals surface area contributed by atoms with Gasteiger partial charge in [0.2, 0.25) is 0 Å². The molecule has 0 radical (unpaired) electrons. The van der Waals surface area contributed by atoms with Crippen molar-refractivity contribution in [2.75, 3.05) is 24.2 Å². The number of hydrogen-bond acceptors (Lipinski definition) is 4. The predicted molar refractivity (Wildman–Crippen MR) is 127 cm³/mol. The summed E-state index contributed by atoms with van der Waals surface area (Å²) in [4.78, 5) is 15.7. The minimum atomic E-state index is -3.69. The summed E-state index contributed by atoms with van der Waals surface area (Å²) < 4.78 is 27.6. The average molecular weight is 455 g/mol. The smallest absolute Gasteiger partial charge is 0.264 e. The third-order valence-electron chi connectivity index (χ3n) is 4.95. The Balaban J connectivity index is 1.78. The van der Waals surface area contributed by atoms with E-state index in [1.807, 2.05) is 36.6 Å². The van der Waals surface area contributed by atoms with Gasteiger partial charge in [0.25, 0.3) is 15.9 Å². The lowest BCUT2D eigenvalue weighted by molar-refractivity contribution is 0.0785. The number of hydrogen-bond donors (Lipinski definition) is 0. The first-order chi connectivity index (χ1) is 14.9. The quantitative estimate of drug-likeness (QED) is 0.455. The topological polar surface area (TPSA) is 57.7 Å². The minimum absolute atomic E-state index is 0.117. The number of thioether (sulfide) groups is 1. The summed E-state index contributed by atoms with van der Waals surface area (Å²) in [6.07, 6.45) is 1.95. The van der Waals surface area contributed by atoms with E-state index in [0.717, 1.165) is 10.5 Å². The largest absolute Gasteiger partial charge is 0.337 e. The highest BCUT2D eigenvalue weighted by Crippen LogP contribution is 2.26. The maximum absolute atomic E-state index is 13.1. The first-order valence-corrected chi connectivity index (χ1v) is 12.6. The third-order valence-corrected chi connectivity index (χ3v) is 7.61. The SMILES string of the molecule is CCN(c1ccc(C(=O)N(C)Cc2ccccc2)cc1)S(=O)(=O)c1ccc(SC)cc1. The second kappa shape index (κ2) is 10.0. The molecule has 0 atom stereocenters. The van der Waals surface area contributed by atoms with E-state index in [1.165, 1.54) is 4.31 Å². The fourth-order valence-electron chi connectivity index (χ4n) is 3.29. The molecule has 0 aliphatic heterocycles. The van der Waals surface area contributed by atoms with E-state index in [4.69, 9.17) is 0 Å². The third kappa shape index (κ3) is 5.29. The van der Waals surface area contributed by atoms with E-state index in [0.29, 0.717) is 17.8 Å². The molecule has 0 aromatic heterocycles. The fraction of sp³-hybridized carbons (Fsp3) is 0.208. The number of sulfonamides is 1. The van der Waals surface area contributed by atoms with Gasteiger partial charge in [0.15, 0.2) is 0 Å². The number of rotatable bonds is 8. The molecular weight excluding hydrogens is 428 g/mol. The molecule has 0 spiro atoms. The van der Waals surface area contributed by atoms with Gasteiger partial charge in [-0.15, -0.1) is 11.8 Å². The number of benzene rings is 3. The van der Waals surface area contributed by atoms with Gasteiger partial charge in [0.1, 0.15) is 0 Å². The molecule has 31 heavy (non-hydrogen) atoms. The lowest BCUT2D eigenvalue weighted by atomic mass is 10.1. The summed E-state index contributed by atoms with van der Waals surface area (Å²) in [6, 6.07) is 23.3. The highest BCUT2D eigenvalue weighted by atomic mass is 32.2. The molecule has 0 heterocycles. The van der Waals surface area contributed by atoms with Gasteiger partial charge in [-0.3, -0.25) is 9.10 Å². The summed E-state index contributed by atoms with van der Waals surface area (Å²) in [5.41, 5.74) is 2.09. The molecule has 7 heteroatoms. The predicted octanol–water partition coefficient (Wildman–Crippen LogP) is 4.90.